The number of amides is 1. The van der Waals surface area contributed by atoms with Crippen molar-refractivity contribution in [3.63, 3.8) is 0 Å². The van der Waals surface area contributed by atoms with Gasteiger partial charge in [0.2, 0.25) is 15.9 Å². The highest BCUT2D eigenvalue weighted by molar-refractivity contribution is 7.89. The largest absolute Gasteiger partial charge is 0.350 e. The highest BCUT2D eigenvalue weighted by Crippen LogP contribution is 2.38. The van der Waals surface area contributed by atoms with Crippen molar-refractivity contribution < 1.29 is 13.2 Å². The number of primary sulfonamides is 1. The number of benzene rings is 1. The Kier molecular flexibility index (Phi) is 4.68. The zero-order valence-electron chi connectivity index (χ0n) is 15.1. The van der Waals surface area contributed by atoms with Crippen LogP contribution in [0, 0.1) is 0 Å². The second kappa shape index (κ2) is 7.03. The molecule has 7 nitrogen and oxygen atoms in total. The zero-order chi connectivity index (χ0) is 19.9. The van der Waals surface area contributed by atoms with E-state index in [0.29, 0.717) is 24.5 Å². The van der Waals surface area contributed by atoms with Gasteiger partial charge in [-0.1, -0.05) is 24.3 Å². The molecule has 8 heteroatoms. The van der Waals surface area contributed by atoms with Crippen molar-refractivity contribution in [1.82, 2.24) is 10.3 Å². The highest BCUT2D eigenvalue weighted by atomic mass is 32.2. The van der Waals surface area contributed by atoms with Crippen molar-refractivity contribution in [2.75, 3.05) is 0 Å². The van der Waals surface area contributed by atoms with Crippen molar-refractivity contribution in [2.45, 2.75) is 42.5 Å². The number of aromatic amines is 1. The summed E-state index contributed by atoms with van der Waals surface area (Å²) in [6, 6.07) is 9.74. The molecular formula is C20H21N3O4S. The number of aromatic nitrogens is 1. The fourth-order valence-corrected chi connectivity index (χ4v) is 4.00. The van der Waals surface area contributed by atoms with Gasteiger partial charge in [0, 0.05) is 29.3 Å². The predicted molar refractivity (Wildman–Crippen MR) is 105 cm³/mol. The summed E-state index contributed by atoms with van der Waals surface area (Å²) in [5, 5.41) is 8.07. The first-order valence-corrected chi connectivity index (χ1v) is 10.7. The van der Waals surface area contributed by atoms with Crippen molar-refractivity contribution in [3.8, 4) is 0 Å². The van der Waals surface area contributed by atoms with E-state index < -0.39 is 10.0 Å². The summed E-state index contributed by atoms with van der Waals surface area (Å²) in [6.45, 7) is 0. The van der Waals surface area contributed by atoms with Crippen LogP contribution in [-0.2, 0) is 14.8 Å². The van der Waals surface area contributed by atoms with Gasteiger partial charge in [0.15, 0.2) is 0 Å². The Labute approximate surface area is 162 Å². The molecule has 1 amide bonds. The fourth-order valence-electron chi connectivity index (χ4n) is 3.49. The van der Waals surface area contributed by atoms with E-state index in [-0.39, 0.29) is 22.4 Å². The van der Waals surface area contributed by atoms with E-state index in [1.54, 1.807) is 12.1 Å². The van der Waals surface area contributed by atoms with E-state index in [4.69, 9.17) is 5.14 Å². The first kappa shape index (κ1) is 18.6. The van der Waals surface area contributed by atoms with E-state index in [1.165, 1.54) is 12.1 Å². The molecule has 4 N–H and O–H groups in total. The summed E-state index contributed by atoms with van der Waals surface area (Å²) in [6.07, 6.45) is 5.10. The number of hydrogen-bond donors (Lipinski definition) is 3. The Balaban J connectivity index is 1.76. The van der Waals surface area contributed by atoms with Crippen LogP contribution >= 0.6 is 0 Å². The summed E-state index contributed by atoms with van der Waals surface area (Å²) < 4.78 is 23.0. The van der Waals surface area contributed by atoms with Crippen LogP contribution < -0.4 is 16.0 Å². The molecule has 2 aliphatic rings. The minimum absolute atomic E-state index is 0.0113. The van der Waals surface area contributed by atoms with Gasteiger partial charge in [0.25, 0.3) is 5.56 Å². The highest BCUT2D eigenvalue weighted by Gasteiger charge is 2.26. The third-order valence-electron chi connectivity index (χ3n) is 5.14. The lowest BCUT2D eigenvalue weighted by molar-refractivity contribution is -0.119. The van der Waals surface area contributed by atoms with Gasteiger partial charge < -0.3 is 10.3 Å². The first-order valence-electron chi connectivity index (χ1n) is 9.19. The van der Waals surface area contributed by atoms with E-state index in [9.17, 15) is 18.0 Å². The molecule has 1 saturated heterocycles. The summed E-state index contributed by atoms with van der Waals surface area (Å²) >= 11 is 0. The van der Waals surface area contributed by atoms with Gasteiger partial charge in [-0.05, 0) is 48.9 Å². The number of carbonyl (C=O) groups excluding carboxylic acids is 1. The number of H-pyrrole nitrogens is 1. The first-order chi connectivity index (χ1) is 13.3. The number of carbonyl (C=O) groups is 1. The lowest BCUT2D eigenvalue weighted by Crippen LogP contribution is -2.23. The Hall–Kier alpha value is -2.71. The van der Waals surface area contributed by atoms with Crippen molar-refractivity contribution in [2.24, 2.45) is 5.14 Å². The average molecular weight is 399 g/mol. The third-order valence-corrected chi connectivity index (χ3v) is 6.07. The van der Waals surface area contributed by atoms with Crippen molar-refractivity contribution in [3.05, 3.63) is 69.6 Å². The van der Waals surface area contributed by atoms with Gasteiger partial charge in [0.1, 0.15) is 0 Å². The summed E-state index contributed by atoms with van der Waals surface area (Å²) in [7, 11) is -3.79. The number of nitrogens with two attached hydrogens (primary N) is 1. The fraction of sp³-hybridized carbons (Fsp3) is 0.300. The normalized spacial score (nSPS) is 20.2. The zero-order valence-corrected chi connectivity index (χ0v) is 16.0. The van der Waals surface area contributed by atoms with Crippen LogP contribution in [0.2, 0.25) is 0 Å². The van der Waals surface area contributed by atoms with E-state index >= 15 is 0 Å². The second-order valence-electron chi connectivity index (χ2n) is 7.29. The topological polar surface area (TPSA) is 122 Å². The molecule has 146 valence electrons. The maximum atomic E-state index is 12.5. The maximum absolute atomic E-state index is 12.5. The van der Waals surface area contributed by atoms with Gasteiger partial charge in [-0.25, -0.2) is 13.6 Å². The molecule has 1 saturated carbocycles. The number of hydrogen-bond acceptors (Lipinski definition) is 4. The summed E-state index contributed by atoms with van der Waals surface area (Å²) in [4.78, 5) is 27.0. The molecule has 4 rings (SSSR count). The number of sulfonamides is 1. The summed E-state index contributed by atoms with van der Waals surface area (Å²) in [5.74, 6) is 0.330. The van der Waals surface area contributed by atoms with Crippen LogP contribution in [0.4, 0.5) is 0 Å². The van der Waals surface area contributed by atoms with Gasteiger partial charge in [-0.15, -0.1) is 0 Å². The molecule has 1 aromatic heterocycles. The minimum atomic E-state index is -3.79. The Morgan fingerprint density at radius 3 is 2.29 bits per heavy atom. The number of rotatable bonds is 5. The molecule has 2 heterocycles. The second-order valence-corrected chi connectivity index (χ2v) is 8.85. The molecule has 2 aromatic rings. The van der Waals surface area contributed by atoms with E-state index in [1.807, 2.05) is 18.2 Å². The lowest BCUT2D eigenvalue weighted by Gasteiger charge is -2.13. The van der Waals surface area contributed by atoms with Crippen LogP contribution in [0.5, 0.6) is 0 Å². The van der Waals surface area contributed by atoms with Gasteiger partial charge in [-0.2, -0.15) is 0 Å². The maximum Gasteiger partial charge on any atom is 0.251 e. The van der Waals surface area contributed by atoms with E-state index in [0.717, 1.165) is 29.5 Å². The average Bonchev–Trinajstić information content (AvgIpc) is 3.40. The lowest BCUT2D eigenvalue weighted by atomic mass is 9.98. The monoisotopic (exact) mass is 399 g/mol. The smallest absolute Gasteiger partial charge is 0.251 e. The molecule has 1 atom stereocenters. The van der Waals surface area contributed by atoms with Crippen LogP contribution in [-0.4, -0.2) is 25.4 Å². The molecule has 28 heavy (non-hydrogen) atoms. The third kappa shape index (κ3) is 3.93. The molecule has 0 bridgehead atoms. The SMILES string of the molecule is NS(=O)(=O)c1ccc(/C(=C\[C@H]2CCC(=O)N2)c2ccc(C3CC3)c(=O)[nH]2)cc1. The molecule has 2 fully saturated rings. The van der Waals surface area contributed by atoms with Crippen LogP contribution in [0.1, 0.15) is 48.4 Å². The van der Waals surface area contributed by atoms with Crippen LogP contribution in [0.15, 0.2) is 52.2 Å². The van der Waals surface area contributed by atoms with Crippen LogP contribution in [0.3, 0.4) is 0 Å². The summed E-state index contributed by atoms with van der Waals surface area (Å²) in [5.41, 5.74) is 2.76. The molecule has 0 radical (unpaired) electrons. The Morgan fingerprint density at radius 2 is 1.75 bits per heavy atom. The van der Waals surface area contributed by atoms with Crippen molar-refractivity contribution in [1.29, 1.82) is 0 Å². The van der Waals surface area contributed by atoms with Crippen LogP contribution in [0.25, 0.3) is 5.57 Å². The Bertz CT molecular complexity index is 1110. The van der Waals surface area contributed by atoms with E-state index in [2.05, 4.69) is 10.3 Å². The van der Waals surface area contributed by atoms with Gasteiger partial charge in [-0.3, -0.25) is 9.59 Å². The molecule has 1 aliphatic carbocycles. The molecule has 0 spiro atoms. The minimum Gasteiger partial charge on any atom is -0.350 e. The quantitative estimate of drug-likeness (QED) is 0.707. The van der Waals surface area contributed by atoms with Gasteiger partial charge >= 0.3 is 0 Å². The number of nitrogens with one attached hydrogen (secondary N) is 2. The molecule has 0 unspecified atom stereocenters. The predicted octanol–water partition coefficient (Wildman–Crippen LogP) is 1.61. The molecular weight excluding hydrogens is 378 g/mol. The molecule has 1 aromatic carbocycles. The molecule has 1 aliphatic heterocycles. The Morgan fingerprint density at radius 1 is 1.04 bits per heavy atom. The number of pyridine rings is 1. The van der Waals surface area contributed by atoms with Gasteiger partial charge in [0.05, 0.1) is 4.90 Å². The van der Waals surface area contributed by atoms with Crippen molar-refractivity contribution >= 4 is 21.5 Å². The standard InChI is InChI=1S/C20H21N3O4S/c21-28(26,27)15-6-3-13(4-7-15)17(11-14-5-10-19(24)22-14)18-9-8-16(12-1-2-12)20(25)23-18/h3-4,6-9,11-12,14H,1-2,5,10H2,(H,22,24)(H,23,25)(H2,21,26,27)/b17-11+/t14-/m1/s1.